The summed E-state index contributed by atoms with van der Waals surface area (Å²) in [6, 6.07) is 4.52. The van der Waals surface area contributed by atoms with Gasteiger partial charge in [0.25, 0.3) is 5.56 Å². The summed E-state index contributed by atoms with van der Waals surface area (Å²) in [6.07, 6.45) is 2.19. The highest BCUT2D eigenvalue weighted by molar-refractivity contribution is 7.16. The molecule has 1 saturated carbocycles. The lowest BCUT2D eigenvalue weighted by Crippen LogP contribution is -2.50. The molecule has 4 heterocycles. The molecule has 3 aromatic heterocycles. The molecule has 8 heteroatoms. The van der Waals surface area contributed by atoms with Crippen LogP contribution >= 0.6 is 11.3 Å². The molecule has 1 saturated heterocycles. The van der Waals surface area contributed by atoms with Crippen molar-refractivity contribution in [2.24, 2.45) is 5.92 Å². The van der Waals surface area contributed by atoms with Crippen LogP contribution in [0.25, 0.3) is 15.7 Å². The van der Waals surface area contributed by atoms with Crippen LogP contribution in [0.5, 0.6) is 0 Å². The number of piperidine rings is 1. The fourth-order valence-corrected chi connectivity index (χ4v) is 5.88. The van der Waals surface area contributed by atoms with E-state index in [1.807, 2.05) is 21.9 Å². The first kappa shape index (κ1) is 17.9. The normalized spacial score (nSPS) is 24.8. The predicted octanol–water partition coefficient (Wildman–Crippen LogP) is 2.04. The van der Waals surface area contributed by atoms with Crippen LogP contribution < -0.4 is 10.9 Å². The third-order valence-electron chi connectivity index (χ3n) is 6.21. The van der Waals surface area contributed by atoms with Gasteiger partial charge < -0.3 is 10.2 Å². The van der Waals surface area contributed by atoms with Gasteiger partial charge in [0.15, 0.2) is 0 Å². The quantitative estimate of drug-likeness (QED) is 0.729. The Balaban J connectivity index is 1.46. The second kappa shape index (κ2) is 6.42. The van der Waals surface area contributed by atoms with E-state index in [-0.39, 0.29) is 30.0 Å². The zero-order chi connectivity index (χ0) is 19.6. The molecule has 1 aliphatic heterocycles. The lowest BCUT2D eigenvalue weighted by Gasteiger charge is -2.30. The molecule has 0 aromatic carbocycles. The van der Waals surface area contributed by atoms with Crippen LogP contribution in [-0.2, 0) is 11.3 Å². The molecule has 3 aromatic rings. The fourth-order valence-electron chi connectivity index (χ4n) is 4.98. The first-order chi connectivity index (χ1) is 13.4. The molecule has 148 valence electrons. The van der Waals surface area contributed by atoms with Gasteiger partial charge in [-0.1, -0.05) is 13.8 Å². The van der Waals surface area contributed by atoms with E-state index in [0.717, 1.165) is 35.4 Å². The van der Waals surface area contributed by atoms with Crippen molar-refractivity contribution >= 4 is 33.0 Å². The van der Waals surface area contributed by atoms with Gasteiger partial charge in [-0.15, -0.1) is 11.3 Å². The summed E-state index contributed by atoms with van der Waals surface area (Å²) in [5.74, 6) is 1.49. The summed E-state index contributed by atoms with van der Waals surface area (Å²) in [5.41, 5.74) is 0.376. The maximum absolute atomic E-state index is 13.0. The summed E-state index contributed by atoms with van der Waals surface area (Å²) in [7, 11) is 2.12. The number of carbonyl (C=O) groups is 1. The number of hydrogen-bond acceptors (Lipinski definition) is 5. The first-order valence-corrected chi connectivity index (χ1v) is 10.8. The largest absolute Gasteiger partial charge is 0.350 e. The smallest absolute Gasteiger partial charge is 0.291 e. The number of nitrogens with zero attached hydrogens (tertiary/aromatic N) is 4. The Morgan fingerprint density at radius 2 is 2.21 bits per heavy atom. The molecule has 5 rings (SSSR count). The zero-order valence-corrected chi connectivity index (χ0v) is 17.2. The third kappa shape index (κ3) is 2.69. The Hall–Kier alpha value is -2.19. The fraction of sp³-hybridized carbons (Fsp3) is 0.550. The highest BCUT2D eigenvalue weighted by Gasteiger charge is 2.43. The minimum Gasteiger partial charge on any atom is -0.350 e. The van der Waals surface area contributed by atoms with Gasteiger partial charge in [0.2, 0.25) is 5.91 Å². The number of carbonyl (C=O) groups excluding carboxylic acids is 1. The summed E-state index contributed by atoms with van der Waals surface area (Å²) < 4.78 is 3.28. The van der Waals surface area contributed by atoms with Crippen LogP contribution in [0.4, 0.5) is 0 Å². The first-order valence-electron chi connectivity index (χ1n) is 9.91. The average molecular weight is 400 g/mol. The number of hydrogen-bond donors (Lipinski definition) is 1. The number of likely N-dealkylation sites (N-methyl/N-ethyl adjacent to an activating group) is 1. The monoisotopic (exact) mass is 399 g/mol. The van der Waals surface area contributed by atoms with Crippen LogP contribution in [-0.4, -0.2) is 50.7 Å². The molecule has 3 atom stereocenters. The van der Waals surface area contributed by atoms with Gasteiger partial charge >= 0.3 is 0 Å². The van der Waals surface area contributed by atoms with Crippen LogP contribution in [0.3, 0.4) is 0 Å². The maximum atomic E-state index is 13.0. The van der Waals surface area contributed by atoms with Crippen molar-refractivity contribution in [2.75, 3.05) is 13.6 Å². The standard InChI is InChI=1S/C20H25N5O2S/c1-11(2)18-22-24(19(27)16-8-13-4-5-28-20(13)25(16)18)10-17(26)21-14-6-12-7-15(14)23(3)9-12/h4-5,8,11-12,14-15H,6-7,9-10H2,1-3H3,(H,21,26)/t12-,14?,15-/m0/s1. The molecule has 2 fully saturated rings. The number of fused-ring (bicyclic) bond motifs is 5. The highest BCUT2D eigenvalue weighted by Crippen LogP contribution is 2.36. The van der Waals surface area contributed by atoms with E-state index >= 15 is 0 Å². The Labute approximate surface area is 166 Å². The molecule has 2 aliphatic rings. The van der Waals surface area contributed by atoms with Crippen molar-refractivity contribution in [1.29, 1.82) is 0 Å². The number of likely N-dealkylation sites (tertiary alicyclic amines) is 1. The van der Waals surface area contributed by atoms with Crippen molar-refractivity contribution in [2.45, 2.75) is 51.2 Å². The van der Waals surface area contributed by atoms with E-state index < -0.39 is 0 Å². The van der Waals surface area contributed by atoms with Gasteiger partial charge in [0.1, 0.15) is 22.7 Å². The number of aromatic nitrogens is 3. The van der Waals surface area contributed by atoms with Crippen LogP contribution in [0.2, 0.25) is 0 Å². The second-order valence-corrected chi connectivity index (χ2v) is 9.43. The molecular weight excluding hydrogens is 374 g/mol. The summed E-state index contributed by atoms with van der Waals surface area (Å²) in [5, 5.41) is 10.8. The minimum absolute atomic E-state index is 0.0362. The van der Waals surface area contributed by atoms with Crippen molar-refractivity contribution in [3.8, 4) is 0 Å². The molecule has 0 spiro atoms. The van der Waals surface area contributed by atoms with Crippen molar-refractivity contribution < 1.29 is 4.79 Å². The van der Waals surface area contributed by atoms with Crippen molar-refractivity contribution in [3.05, 3.63) is 33.7 Å². The van der Waals surface area contributed by atoms with Gasteiger partial charge in [-0.05, 0) is 43.3 Å². The molecule has 7 nitrogen and oxygen atoms in total. The van der Waals surface area contributed by atoms with Gasteiger partial charge in [0, 0.05) is 29.9 Å². The molecule has 1 aliphatic carbocycles. The number of rotatable bonds is 4. The Morgan fingerprint density at radius 3 is 2.93 bits per heavy atom. The van der Waals surface area contributed by atoms with Gasteiger partial charge in [-0.3, -0.25) is 14.0 Å². The molecule has 0 radical (unpaired) electrons. The van der Waals surface area contributed by atoms with Crippen molar-refractivity contribution in [3.63, 3.8) is 0 Å². The molecular formula is C20H25N5O2S. The van der Waals surface area contributed by atoms with E-state index in [1.165, 1.54) is 4.68 Å². The van der Waals surface area contributed by atoms with Crippen molar-refractivity contribution in [1.82, 2.24) is 24.4 Å². The SMILES string of the molecule is CC(C)c1nn(CC(=O)NC2C[C@H]3C[C@@H]2N(C)C3)c(=O)c2cc3ccsc3n12. The molecule has 1 N–H and O–H groups in total. The number of amides is 1. The predicted molar refractivity (Wildman–Crippen MR) is 110 cm³/mol. The molecule has 1 amide bonds. The Kier molecular flexibility index (Phi) is 4.10. The van der Waals surface area contributed by atoms with E-state index in [1.54, 1.807) is 11.3 Å². The van der Waals surface area contributed by atoms with E-state index in [2.05, 4.69) is 36.2 Å². The Morgan fingerprint density at radius 1 is 1.39 bits per heavy atom. The van der Waals surface area contributed by atoms with Gasteiger partial charge in [0.05, 0.1) is 0 Å². The summed E-state index contributed by atoms with van der Waals surface area (Å²) in [6.45, 7) is 5.20. The second-order valence-electron chi connectivity index (χ2n) is 8.54. The van der Waals surface area contributed by atoms with E-state index in [9.17, 15) is 9.59 Å². The number of thiophene rings is 1. The van der Waals surface area contributed by atoms with E-state index in [4.69, 9.17) is 0 Å². The third-order valence-corrected chi connectivity index (χ3v) is 7.13. The lowest BCUT2D eigenvalue weighted by atomic mass is 10.1. The average Bonchev–Trinajstić information content (AvgIpc) is 3.36. The van der Waals surface area contributed by atoms with Gasteiger partial charge in [-0.25, -0.2) is 4.68 Å². The molecule has 1 unspecified atom stereocenters. The topological polar surface area (TPSA) is 71.6 Å². The summed E-state index contributed by atoms with van der Waals surface area (Å²) in [4.78, 5) is 29.1. The van der Waals surface area contributed by atoms with E-state index in [0.29, 0.717) is 17.5 Å². The summed E-state index contributed by atoms with van der Waals surface area (Å²) >= 11 is 1.60. The van der Waals surface area contributed by atoms with Crippen LogP contribution in [0.15, 0.2) is 22.3 Å². The van der Waals surface area contributed by atoms with Gasteiger partial charge in [-0.2, -0.15) is 5.10 Å². The lowest BCUT2D eigenvalue weighted by molar-refractivity contribution is -0.123. The zero-order valence-electron chi connectivity index (χ0n) is 16.4. The highest BCUT2D eigenvalue weighted by atomic mass is 32.1. The Bertz CT molecular complexity index is 1130. The van der Waals surface area contributed by atoms with Crippen LogP contribution in [0.1, 0.15) is 38.4 Å². The minimum atomic E-state index is -0.215. The maximum Gasteiger partial charge on any atom is 0.291 e. The molecule has 2 bridgehead atoms. The number of nitrogens with one attached hydrogen (secondary N) is 1. The molecule has 28 heavy (non-hydrogen) atoms. The van der Waals surface area contributed by atoms with Crippen LogP contribution in [0, 0.1) is 5.92 Å².